The molecule has 2 N–H and O–H groups in total. The molecule has 0 aliphatic carbocycles. The molecule has 0 aliphatic rings. The van der Waals surface area contributed by atoms with E-state index in [9.17, 15) is 12.8 Å². The minimum absolute atomic E-state index is 0.0522. The van der Waals surface area contributed by atoms with Gasteiger partial charge in [0.2, 0.25) is 10.0 Å². The van der Waals surface area contributed by atoms with Crippen LogP contribution in [0, 0.1) is 17.7 Å². The Bertz CT molecular complexity index is 618. The molecule has 1 aromatic rings. The second-order valence-corrected chi connectivity index (χ2v) is 6.08. The molecule has 1 aromatic carbocycles. The van der Waals surface area contributed by atoms with E-state index in [4.69, 9.17) is 5.73 Å². The van der Waals surface area contributed by atoms with E-state index in [-0.39, 0.29) is 17.0 Å². The summed E-state index contributed by atoms with van der Waals surface area (Å²) < 4.78 is 39.8. The summed E-state index contributed by atoms with van der Waals surface area (Å²) in [7, 11) is -3.65. The lowest BCUT2D eigenvalue weighted by Crippen LogP contribution is -2.31. The summed E-state index contributed by atoms with van der Waals surface area (Å²) in [6.45, 7) is 4.54. The summed E-state index contributed by atoms with van der Waals surface area (Å²) in [6, 6.07) is 3.75. The summed E-state index contributed by atoms with van der Waals surface area (Å²) in [5, 5.41) is 0. The molecule has 0 heterocycles. The van der Waals surface area contributed by atoms with Crippen LogP contribution < -0.4 is 5.73 Å². The van der Waals surface area contributed by atoms with Crippen molar-refractivity contribution < 1.29 is 12.8 Å². The second-order valence-electron chi connectivity index (χ2n) is 4.14. The zero-order valence-electron chi connectivity index (χ0n) is 11.7. The van der Waals surface area contributed by atoms with Crippen molar-refractivity contribution >= 4 is 10.0 Å². The van der Waals surface area contributed by atoms with Crippen LogP contribution in [0.1, 0.15) is 25.8 Å². The first-order valence-corrected chi connectivity index (χ1v) is 7.90. The average Bonchev–Trinajstić information content (AvgIpc) is 2.43. The molecule has 0 spiro atoms. The fourth-order valence-electron chi connectivity index (χ4n) is 1.75. The fourth-order valence-corrected chi connectivity index (χ4v) is 3.30. The van der Waals surface area contributed by atoms with Crippen LogP contribution in [0.4, 0.5) is 4.39 Å². The van der Waals surface area contributed by atoms with Crippen molar-refractivity contribution in [3.05, 3.63) is 29.6 Å². The minimum Gasteiger partial charge on any atom is -0.320 e. The van der Waals surface area contributed by atoms with E-state index in [1.807, 2.05) is 6.92 Å². The molecule has 0 amide bonds. The third-order valence-electron chi connectivity index (χ3n) is 2.73. The maximum Gasteiger partial charge on any atom is 0.243 e. The number of rotatable bonds is 5. The molecule has 110 valence electrons. The van der Waals surface area contributed by atoms with Crippen molar-refractivity contribution in [2.75, 3.05) is 19.6 Å². The zero-order chi connectivity index (χ0) is 15.2. The molecule has 0 atom stereocenters. The summed E-state index contributed by atoms with van der Waals surface area (Å²) in [4.78, 5) is -0.0522. The standard InChI is InChI=1S/C14H19FN2O2S/c1-3-10-17(4-2)20(18,19)13-8-7-12(6-5-9-16)14(15)11-13/h7-8,11H,3-4,9-10,16H2,1-2H3. The number of nitrogens with two attached hydrogens (primary N) is 1. The number of halogens is 1. The van der Waals surface area contributed by atoms with Crippen molar-refractivity contribution in [2.45, 2.75) is 25.2 Å². The van der Waals surface area contributed by atoms with Gasteiger partial charge in [0, 0.05) is 13.1 Å². The molecule has 0 aromatic heterocycles. The van der Waals surface area contributed by atoms with Crippen molar-refractivity contribution in [2.24, 2.45) is 5.73 Å². The molecule has 0 fully saturated rings. The van der Waals surface area contributed by atoms with Gasteiger partial charge in [0.15, 0.2) is 0 Å². The molecule has 4 nitrogen and oxygen atoms in total. The van der Waals surface area contributed by atoms with Gasteiger partial charge < -0.3 is 5.73 Å². The van der Waals surface area contributed by atoms with E-state index >= 15 is 0 Å². The van der Waals surface area contributed by atoms with Crippen LogP contribution in [0.5, 0.6) is 0 Å². The normalized spacial score (nSPS) is 11.2. The van der Waals surface area contributed by atoms with Gasteiger partial charge in [-0.05, 0) is 24.6 Å². The molecule has 1 rings (SSSR count). The smallest absolute Gasteiger partial charge is 0.243 e. The molecule has 0 bridgehead atoms. The predicted molar refractivity (Wildman–Crippen MR) is 77.1 cm³/mol. The Labute approximate surface area is 119 Å². The Morgan fingerprint density at radius 1 is 1.35 bits per heavy atom. The highest BCUT2D eigenvalue weighted by molar-refractivity contribution is 7.89. The first-order chi connectivity index (χ1) is 9.47. The number of sulfonamides is 1. The van der Waals surface area contributed by atoms with Crippen LogP contribution in [0.25, 0.3) is 0 Å². The largest absolute Gasteiger partial charge is 0.320 e. The molecule has 20 heavy (non-hydrogen) atoms. The van der Waals surface area contributed by atoms with Gasteiger partial charge in [-0.3, -0.25) is 0 Å². The Kier molecular flexibility index (Phi) is 6.14. The predicted octanol–water partition coefficient (Wildman–Crippen LogP) is 1.56. The Morgan fingerprint density at radius 2 is 2.05 bits per heavy atom. The SMILES string of the molecule is CCCN(CC)S(=O)(=O)c1ccc(C#CCN)c(F)c1. The van der Waals surface area contributed by atoms with E-state index in [1.54, 1.807) is 6.92 Å². The van der Waals surface area contributed by atoms with Crippen LogP contribution >= 0.6 is 0 Å². The summed E-state index contributed by atoms with van der Waals surface area (Å²) in [6.07, 6.45) is 0.704. The number of hydrogen-bond donors (Lipinski definition) is 1. The molecule has 0 radical (unpaired) electrons. The minimum atomic E-state index is -3.65. The molecular weight excluding hydrogens is 279 g/mol. The quantitative estimate of drug-likeness (QED) is 0.839. The molecule has 0 saturated heterocycles. The molecule has 6 heteroatoms. The van der Waals surface area contributed by atoms with Crippen molar-refractivity contribution in [3.8, 4) is 11.8 Å². The Balaban J connectivity index is 3.17. The number of hydrogen-bond acceptors (Lipinski definition) is 3. The van der Waals surface area contributed by atoms with Gasteiger partial charge in [0.05, 0.1) is 17.0 Å². The monoisotopic (exact) mass is 298 g/mol. The maximum atomic E-state index is 13.8. The number of nitrogens with zero attached hydrogens (tertiary/aromatic N) is 1. The summed E-state index contributed by atoms with van der Waals surface area (Å²) in [5.41, 5.74) is 5.36. The Hall–Kier alpha value is -1.42. The van der Waals surface area contributed by atoms with Gasteiger partial charge in [0.25, 0.3) is 0 Å². The van der Waals surface area contributed by atoms with Gasteiger partial charge in [0.1, 0.15) is 5.82 Å². The fraction of sp³-hybridized carbons (Fsp3) is 0.429. The van der Waals surface area contributed by atoms with E-state index in [0.29, 0.717) is 19.5 Å². The highest BCUT2D eigenvalue weighted by Crippen LogP contribution is 2.19. The van der Waals surface area contributed by atoms with Crippen LogP contribution in [0.3, 0.4) is 0 Å². The average molecular weight is 298 g/mol. The first-order valence-electron chi connectivity index (χ1n) is 6.46. The van der Waals surface area contributed by atoms with E-state index in [1.165, 1.54) is 16.4 Å². The topological polar surface area (TPSA) is 63.4 Å². The lowest BCUT2D eigenvalue weighted by atomic mass is 10.2. The van der Waals surface area contributed by atoms with E-state index < -0.39 is 15.8 Å². The third kappa shape index (κ3) is 3.79. The van der Waals surface area contributed by atoms with Crippen LogP contribution in [-0.2, 0) is 10.0 Å². The molecule has 0 unspecified atom stereocenters. The lowest BCUT2D eigenvalue weighted by Gasteiger charge is -2.19. The molecular formula is C14H19FN2O2S. The first kappa shape index (κ1) is 16.6. The third-order valence-corrected chi connectivity index (χ3v) is 4.70. The van der Waals surface area contributed by atoms with Gasteiger partial charge in [-0.2, -0.15) is 4.31 Å². The Morgan fingerprint density at radius 3 is 2.55 bits per heavy atom. The lowest BCUT2D eigenvalue weighted by molar-refractivity contribution is 0.426. The van der Waals surface area contributed by atoms with Gasteiger partial charge in [-0.15, -0.1) is 0 Å². The summed E-state index contributed by atoms with van der Waals surface area (Å²) >= 11 is 0. The highest BCUT2D eigenvalue weighted by Gasteiger charge is 2.23. The van der Waals surface area contributed by atoms with Gasteiger partial charge in [-0.1, -0.05) is 25.7 Å². The van der Waals surface area contributed by atoms with Crippen molar-refractivity contribution in [1.82, 2.24) is 4.31 Å². The highest BCUT2D eigenvalue weighted by atomic mass is 32.2. The van der Waals surface area contributed by atoms with Crippen molar-refractivity contribution in [3.63, 3.8) is 0 Å². The van der Waals surface area contributed by atoms with Crippen LogP contribution in [0.15, 0.2) is 23.1 Å². The van der Waals surface area contributed by atoms with Crippen LogP contribution in [-0.4, -0.2) is 32.4 Å². The summed E-state index contributed by atoms with van der Waals surface area (Å²) in [5.74, 6) is 4.44. The van der Waals surface area contributed by atoms with E-state index in [0.717, 1.165) is 6.07 Å². The van der Waals surface area contributed by atoms with Crippen LogP contribution in [0.2, 0.25) is 0 Å². The zero-order valence-corrected chi connectivity index (χ0v) is 12.5. The molecule has 0 saturated carbocycles. The number of benzene rings is 1. The van der Waals surface area contributed by atoms with Gasteiger partial charge in [-0.25, -0.2) is 12.8 Å². The maximum absolute atomic E-state index is 13.8. The second kappa shape index (κ2) is 7.39. The van der Waals surface area contributed by atoms with E-state index in [2.05, 4.69) is 11.8 Å². The van der Waals surface area contributed by atoms with Crippen molar-refractivity contribution in [1.29, 1.82) is 0 Å². The van der Waals surface area contributed by atoms with Gasteiger partial charge >= 0.3 is 0 Å². The molecule has 0 aliphatic heterocycles.